The van der Waals surface area contributed by atoms with Gasteiger partial charge in [-0.25, -0.2) is 0 Å². The fourth-order valence-corrected chi connectivity index (χ4v) is 2.06. The van der Waals surface area contributed by atoms with Crippen molar-refractivity contribution in [1.29, 1.82) is 0 Å². The molecule has 2 rings (SSSR count). The van der Waals surface area contributed by atoms with Crippen LogP contribution in [0.15, 0.2) is 35.3 Å². The van der Waals surface area contributed by atoms with Gasteiger partial charge in [0.2, 0.25) is 0 Å². The Bertz CT molecular complexity index is 610. The second-order valence-electron chi connectivity index (χ2n) is 4.09. The molecule has 0 fully saturated rings. The number of ether oxygens (including phenoxy) is 2. The van der Waals surface area contributed by atoms with Crippen LogP contribution in [0.25, 0.3) is 11.0 Å². The van der Waals surface area contributed by atoms with Gasteiger partial charge in [-0.2, -0.15) is 0 Å². The number of hydrogen-bond donors (Lipinski definition) is 0. The number of rotatable bonds is 5. The average molecular weight is 260 g/mol. The van der Waals surface area contributed by atoms with E-state index in [0.29, 0.717) is 17.8 Å². The Morgan fingerprint density at radius 1 is 1.42 bits per heavy atom. The van der Waals surface area contributed by atoms with Crippen molar-refractivity contribution in [2.75, 3.05) is 14.2 Å². The average Bonchev–Trinajstić information content (AvgIpc) is 2.77. The van der Waals surface area contributed by atoms with Crippen LogP contribution in [0, 0.1) is 0 Å². The van der Waals surface area contributed by atoms with Crippen LogP contribution in [0.5, 0.6) is 5.75 Å². The normalized spacial score (nSPS) is 10.4. The molecule has 4 nitrogen and oxygen atoms in total. The summed E-state index contributed by atoms with van der Waals surface area (Å²) in [6.07, 6.45) is 2.48. The molecule has 0 saturated carbocycles. The van der Waals surface area contributed by atoms with Crippen LogP contribution >= 0.6 is 0 Å². The predicted octanol–water partition coefficient (Wildman–Crippen LogP) is 2.89. The lowest BCUT2D eigenvalue weighted by Crippen LogP contribution is -2.05. The van der Waals surface area contributed by atoms with E-state index in [-0.39, 0.29) is 12.4 Å². The van der Waals surface area contributed by atoms with Crippen LogP contribution < -0.4 is 4.74 Å². The van der Waals surface area contributed by atoms with Crippen LogP contribution in [-0.4, -0.2) is 20.2 Å². The molecule has 1 aromatic carbocycles. The van der Waals surface area contributed by atoms with Crippen molar-refractivity contribution in [1.82, 2.24) is 0 Å². The Balaban J connectivity index is 2.59. The molecule has 0 saturated heterocycles. The van der Waals surface area contributed by atoms with E-state index in [0.717, 1.165) is 16.7 Å². The molecule has 0 unspecified atom stereocenters. The number of furan rings is 1. The molecule has 0 atom stereocenters. The number of fused-ring (bicyclic) bond motifs is 1. The fraction of sp³-hybridized carbons (Fsp3) is 0.267. The molecule has 19 heavy (non-hydrogen) atoms. The Hall–Kier alpha value is -2.23. The monoisotopic (exact) mass is 260 g/mol. The lowest BCUT2D eigenvalue weighted by molar-refractivity contribution is -0.139. The zero-order chi connectivity index (χ0) is 13.8. The van der Waals surface area contributed by atoms with Crippen LogP contribution in [-0.2, 0) is 22.4 Å². The molecule has 0 bridgehead atoms. The highest BCUT2D eigenvalue weighted by molar-refractivity contribution is 5.90. The Morgan fingerprint density at radius 2 is 2.21 bits per heavy atom. The zero-order valence-electron chi connectivity index (χ0n) is 11.1. The minimum absolute atomic E-state index is 0.180. The number of benzene rings is 1. The van der Waals surface area contributed by atoms with Gasteiger partial charge < -0.3 is 13.9 Å². The molecule has 100 valence electrons. The highest BCUT2D eigenvalue weighted by Gasteiger charge is 2.18. The molecule has 0 aliphatic carbocycles. The Kier molecular flexibility index (Phi) is 3.90. The highest BCUT2D eigenvalue weighted by Crippen LogP contribution is 2.33. The van der Waals surface area contributed by atoms with E-state index in [1.54, 1.807) is 13.2 Å². The van der Waals surface area contributed by atoms with Gasteiger partial charge in [-0.05, 0) is 6.07 Å². The molecule has 0 amide bonds. The second kappa shape index (κ2) is 5.61. The number of esters is 1. The summed E-state index contributed by atoms with van der Waals surface area (Å²) in [7, 11) is 2.96. The summed E-state index contributed by atoms with van der Waals surface area (Å²) in [5.74, 6) is 1.08. The fourth-order valence-electron chi connectivity index (χ4n) is 2.06. The topological polar surface area (TPSA) is 48.7 Å². The van der Waals surface area contributed by atoms with E-state index in [1.807, 2.05) is 18.2 Å². The van der Waals surface area contributed by atoms with Crippen molar-refractivity contribution in [3.8, 4) is 5.75 Å². The van der Waals surface area contributed by atoms with Gasteiger partial charge in [-0.15, -0.1) is 6.58 Å². The Morgan fingerprint density at radius 3 is 2.84 bits per heavy atom. The van der Waals surface area contributed by atoms with Gasteiger partial charge in [0.15, 0.2) is 11.3 Å². The molecule has 0 radical (unpaired) electrons. The largest absolute Gasteiger partial charge is 0.493 e. The quantitative estimate of drug-likeness (QED) is 0.612. The number of carbonyl (C=O) groups excluding carboxylic acids is 1. The molecular weight excluding hydrogens is 244 g/mol. The van der Waals surface area contributed by atoms with Crippen molar-refractivity contribution in [3.05, 3.63) is 42.2 Å². The maximum Gasteiger partial charge on any atom is 0.310 e. The summed E-state index contributed by atoms with van der Waals surface area (Å²) < 4.78 is 15.8. The van der Waals surface area contributed by atoms with E-state index in [1.165, 1.54) is 7.11 Å². The number of allylic oxidation sites excluding steroid dienone is 1. The predicted molar refractivity (Wildman–Crippen MR) is 72.4 cm³/mol. The molecule has 4 heteroatoms. The lowest BCUT2D eigenvalue weighted by Gasteiger charge is -2.01. The summed E-state index contributed by atoms with van der Waals surface area (Å²) in [5, 5.41) is 0.876. The third-order valence-corrected chi connectivity index (χ3v) is 2.96. The van der Waals surface area contributed by atoms with Gasteiger partial charge in [0.1, 0.15) is 5.76 Å². The third-order valence-electron chi connectivity index (χ3n) is 2.96. The van der Waals surface area contributed by atoms with Crippen molar-refractivity contribution < 1.29 is 18.7 Å². The van der Waals surface area contributed by atoms with Gasteiger partial charge in [0, 0.05) is 17.4 Å². The van der Waals surface area contributed by atoms with Crippen molar-refractivity contribution in [2.24, 2.45) is 0 Å². The molecule has 1 heterocycles. The van der Waals surface area contributed by atoms with Gasteiger partial charge in [0.25, 0.3) is 0 Å². The zero-order valence-corrected chi connectivity index (χ0v) is 11.1. The van der Waals surface area contributed by atoms with Gasteiger partial charge >= 0.3 is 5.97 Å². The first-order chi connectivity index (χ1) is 9.21. The molecule has 0 aliphatic rings. The minimum Gasteiger partial charge on any atom is -0.493 e. The minimum atomic E-state index is -0.296. The number of carbonyl (C=O) groups is 1. The van der Waals surface area contributed by atoms with Crippen molar-refractivity contribution in [3.63, 3.8) is 0 Å². The SMILES string of the molecule is C=CCc1oc2c(OC)cccc2c1CC(=O)OC. The second-order valence-corrected chi connectivity index (χ2v) is 4.09. The number of methoxy groups -OCH3 is 2. The van der Waals surface area contributed by atoms with Crippen molar-refractivity contribution in [2.45, 2.75) is 12.8 Å². The van der Waals surface area contributed by atoms with Crippen LogP contribution in [0.4, 0.5) is 0 Å². The first-order valence-electron chi connectivity index (χ1n) is 5.96. The van der Waals surface area contributed by atoms with Crippen LogP contribution in [0.3, 0.4) is 0 Å². The molecule has 0 aliphatic heterocycles. The molecule has 1 aromatic heterocycles. The summed E-state index contributed by atoms with van der Waals surface area (Å²) in [6, 6.07) is 5.60. The summed E-state index contributed by atoms with van der Waals surface area (Å²) in [4.78, 5) is 11.5. The smallest absolute Gasteiger partial charge is 0.310 e. The molecule has 0 N–H and O–H groups in total. The van der Waals surface area contributed by atoms with Crippen LogP contribution in [0.1, 0.15) is 11.3 Å². The van der Waals surface area contributed by atoms with Gasteiger partial charge in [-0.1, -0.05) is 18.2 Å². The van der Waals surface area contributed by atoms with E-state index >= 15 is 0 Å². The molecular formula is C15H16O4. The van der Waals surface area contributed by atoms with E-state index in [9.17, 15) is 4.79 Å². The summed E-state index contributed by atoms with van der Waals surface area (Å²) >= 11 is 0. The number of hydrogen-bond acceptors (Lipinski definition) is 4. The summed E-state index contributed by atoms with van der Waals surface area (Å²) in [6.45, 7) is 3.70. The molecule has 0 spiro atoms. The maximum absolute atomic E-state index is 11.5. The van der Waals surface area contributed by atoms with Crippen LogP contribution in [0.2, 0.25) is 0 Å². The highest BCUT2D eigenvalue weighted by atomic mass is 16.5. The standard InChI is InChI=1S/C15H16O4/c1-4-6-12-11(9-14(16)18-3)10-7-5-8-13(17-2)15(10)19-12/h4-5,7-8H,1,6,9H2,2-3H3. The lowest BCUT2D eigenvalue weighted by atomic mass is 10.1. The van der Waals surface area contributed by atoms with Gasteiger partial charge in [0.05, 0.1) is 20.6 Å². The van der Waals surface area contributed by atoms with Crippen molar-refractivity contribution >= 4 is 16.9 Å². The first-order valence-corrected chi connectivity index (χ1v) is 5.96. The Labute approximate surface area is 111 Å². The maximum atomic E-state index is 11.5. The van der Waals surface area contributed by atoms with E-state index in [4.69, 9.17) is 13.9 Å². The first kappa shape index (κ1) is 13.2. The number of para-hydroxylation sites is 1. The van der Waals surface area contributed by atoms with Gasteiger partial charge in [-0.3, -0.25) is 4.79 Å². The molecule has 2 aromatic rings. The van der Waals surface area contributed by atoms with E-state index in [2.05, 4.69) is 6.58 Å². The third kappa shape index (κ3) is 2.47. The summed E-state index contributed by atoms with van der Waals surface area (Å²) in [5.41, 5.74) is 1.49. The van der Waals surface area contributed by atoms with E-state index < -0.39 is 0 Å².